The molecule has 0 spiro atoms. The third kappa shape index (κ3) is 3.06. The van der Waals surface area contributed by atoms with Gasteiger partial charge < -0.3 is 0 Å². The molecule has 1 aliphatic carbocycles. The average molecular weight is 303 g/mol. The molecule has 0 saturated heterocycles. The van der Waals surface area contributed by atoms with Gasteiger partial charge in [0.2, 0.25) is 0 Å². The molecule has 0 aromatic heterocycles. The highest BCUT2D eigenvalue weighted by Crippen LogP contribution is 2.41. The molecule has 1 aliphatic rings. The molecule has 1 saturated carbocycles. The number of hydrogen-bond donors (Lipinski definition) is 0. The first kappa shape index (κ1) is 13.0. The van der Waals surface area contributed by atoms with Gasteiger partial charge in [0.05, 0.1) is 0 Å². The molecule has 17 heavy (non-hydrogen) atoms. The van der Waals surface area contributed by atoms with Crippen molar-refractivity contribution in [2.75, 3.05) is 5.33 Å². The molecule has 3 heteroatoms. The maximum atomic E-state index is 13.6. The lowest BCUT2D eigenvalue weighted by Gasteiger charge is -2.36. The van der Waals surface area contributed by atoms with Crippen LogP contribution in [0.5, 0.6) is 0 Å². The van der Waals surface area contributed by atoms with Gasteiger partial charge in [0.15, 0.2) is 0 Å². The summed E-state index contributed by atoms with van der Waals surface area (Å²) in [5.41, 5.74) is 0.638. The highest BCUT2D eigenvalue weighted by Gasteiger charge is 2.31. The summed E-state index contributed by atoms with van der Waals surface area (Å²) in [6, 6.07) is 3.75. The van der Waals surface area contributed by atoms with Crippen molar-refractivity contribution in [2.24, 2.45) is 5.41 Å². The first-order valence-electron chi connectivity index (χ1n) is 6.15. The van der Waals surface area contributed by atoms with Crippen molar-refractivity contribution in [3.8, 4) is 0 Å². The molecular formula is C14H17BrF2. The summed E-state index contributed by atoms with van der Waals surface area (Å²) in [5, 5.41) is 0.871. The van der Waals surface area contributed by atoms with E-state index in [1.807, 2.05) is 0 Å². The predicted octanol–water partition coefficient (Wildman–Crippen LogP) is 4.85. The van der Waals surface area contributed by atoms with Crippen molar-refractivity contribution in [1.29, 1.82) is 0 Å². The topological polar surface area (TPSA) is 0 Å². The lowest BCUT2D eigenvalue weighted by molar-refractivity contribution is 0.221. The number of hydrogen-bond acceptors (Lipinski definition) is 0. The van der Waals surface area contributed by atoms with E-state index in [4.69, 9.17) is 0 Å². The van der Waals surface area contributed by atoms with Gasteiger partial charge in [0.25, 0.3) is 0 Å². The van der Waals surface area contributed by atoms with E-state index in [-0.39, 0.29) is 17.0 Å². The van der Waals surface area contributed by atoms with Crippen LogP contribution in [-0.2, 0) is 6.42 Å². The highest BCUT2D eigenvalue weighted by molar-refractivity contribution is 9.09. The second-order valence-corrected chi connectivity index (χ2v) is 5.67. The number of rotatable bonds is 3. The average Bonchev–Trinajstić information content (AvgIpc) is 2.35. The number of halogens is 3. The summed E-state index contributed by atoms with van der Waals surface area (Å²) in [6.07, 6.45) is 6.51. The third-order valence-electron chi connectivity index (χ3n) is 3.77. The zero-order chi connectivity index (χ0) is 12.3. The van der Waals surface area contributed by atoms with Gasteiger partial charge in [-0.1, -0.05) is 35.2 Å². The van der Waals surface area contributed by atoms with Gasteiger partial charge in [-0.15, -0.1) is 0 Å². The van der Waals surface area contributed by atoms with Crippen LogP contribution in [0.2, 0.25) is 0 Å². The second-order valence-electron chi connectivity index (χ2n) is 5.11. The number of benzene rings is 1. The fraction of sp³-hybridized carbons (Fsp3) is 0.571. The molecule has 94 valence electrons. The molecule has 1 aromatic carbocycles. The van der Waals surface area contributed by atoms with Gasteiger partial charge in [-0.2, -0.15) is 0 Å². The van der Waals surface area contributed by atoms with Crippen molar-refractivity contribution >= 4 is 15.9 Å². The Morgan fingerprint density at radius 2 is 1.82 bits per heavy atom. The Morgan fingerprint density at radius 3 is 2.47 bits per heavy atom. The lowest BCUT2D eigenvalue weighted by Crippen LogP contribution is -2.28. The van der Waals surface area contributed by atoms with E-state index in [1.165, 1.54) is 37.5 Å². The Labute approximate surface area is 110 Å². The third-order valence-corrected chi connectivity index (χ3v) is 4.96. The van der Waals surface area contributed by atoms with Crippen LogP contribution >= 0.6 is 15.9 Å². The zero-order valence-electron chi connectivity index (χ0n) is 9.82. The minimum Gasteiger partial charge on any atom is -0.207 e. The molecule has 0 heterocycles. The van der Waals surface area contributed by atoms with Gasteiger partial charge in [-0.3, -0.25) is 0 Å². The maximum Gasteiger partial charge on any atom is 0.126 e. The standard InChI is InChI=1S/C14H17BrF2/c15-10-14(6-2-1-3-7-14)9-11-8-12(16)4-5-13(11)17/h4-5,8H,1-3,6-7,9-10H2. The molecule has 0 radical (unpaired) electrons. The Morgan fingerprint density at radius 1 is 1.12 bits per heavy atom. The summed E-state index contributed by atoms with van der Waals surface area (Å²) in [7, 11) is 0. The second kappa shape index (κ2) is 5.47. The van der Waals surface area contributed by atoms with Crippen LogP contribution < -0.4 is 0 Å². The van der Waals surface area contributed by atoms with Crippen molar-refractivity contribution in [3.63, 3.8) is 0 Å². The molecule has 0 aliphatic heterocycles. The van der Waals surface area contributed by atoms with Gasteiger partial charge >= 0.3 is 0 Å². The number of alkyl halides is 1. The largest absolute Gasteiger partial charge is 0.207 e. The monoisotopic (exact) mass is 302 g/mol. The van der Waals surface area contributed by atoms with E-state index >= 15 is 0 Å². The Hall–Kier alpha value is -0.440. The normalized spacial score (nSPS) is 19.2. The fourth-order valence-electron chi connectivity index (χ4n) is 2.74. The van der Waals surface area contributed by atoms with Crippen LogP contribution in [0.25, 0.3) is 0 Å². The Kier molecular flexibility index (Phi) is 4.18. The molecule has 2 rings (SSSR count). The van der Waals surface area contributed by atoms with Crippen molar-refractivity contribution < 1.29 is 8.78 Å². The van der Waals surface area contributed by atoms with E-state index in [2.05, 4.69) is 15.9 Å². The summed E-state index contributed by atoms with van der Waals surface area (Å²) >= 11 is 3.55. The van der Waals surface area contributed by atoms with Gasteiger partial charge in [0, 0.05) is 5.33 Å². The molecule has 1 aromatic rings. The van der Waals surface area contributed by atoms with Crippen LogP contribution in [-0.4, -0.2) is 5.33 Å². The molecule has 0 N–H and O–H groups in total. The van der Waals surface area contributed by atoms with Crippen molar-refractivity contribution in [2.45, 2.75) is 38.5 Å². The molecular weight excluding hydrogens is 286 g/mol. The first-order valence-corrected chi connectivity index (χ1v) is 7.27. The molecule has 0 amide bonds. The van der Waals surface area contributed by atoms with E-state index < -0.39 is 0 Å². The van der Waals surface area contributed by atoms with Crippen molar-refractivity contribution in [1.82, 2.24) is 0 Å². The highest BCUT2D eigenvalue weighted by atomic mass is 79.9. The molecule has 0 nitrogen and oxygen atoms in total. The smallest absolute Gasteiger partial charge is 0.126 e. The van der Waals surface area contributed by atoms with Gasteiger partial charge in [-0.25, -0.2) is 8.78 Å². The lowest BCUT2D eigenvalue weighted by atomic mass is 9.72. The molecule has 0 bridgehead atoms. The summed E-state index contributed by atoms with van der Waals surface area (Å²) in [5.74, 6) is -0.626. The molecule has 0 unspecified atom stereocenters. The van der Waals surface area contributed by atoms with E-state index in [9.17, 15) is 8.78 Å². The summed E-state index contributed by atoms with van der Waals surface area (Å²) < 4.78 is 26.8. The van der Waals surface area contributed by atoms with Crippen LogP contribution in [0, 0.1) is 17.0 Å². The Balaban J connectivity index is 2.20. The van der Waals surface area contributed by atoms with Crippen molar-refractivity contribution in [3.05, 3.63) is 35.4 Å². The van der Waals surface area contributed by atoms with E-state index in [1.54, 1.807) is 0 Å². The molecule has 0 atom stereocenters. The van der Waals surface area contributed by atoms with E-state index in [0.29, 0.717) is 12.0 Å². The van der Waals surface area contributed by atoms with E-state index in [0.717, 1.165) is 18.2 Å². The predicted molar refractivity (Wildman–Crippen MR) is 69.4 cm³/mol. The zero-order valence-corrected chi connectivity index (χ0v) is 11.4. The minimum absolute atomic E-state index is 0.118. The fourth-order valence-corrected chi connectivity index (χ4v) is 3.50. The molecule has 1 fully saturated rings. The van der Waals surface area contributed by atoms with Gasteiger partial charge in [-0.05, 0) is 48.4 Å². The maximum absolute atomic E-state index is 13.6. The van der Waals surface area contributed by atoms with Gasteiger partial charge in [0.1, 0.15) is 11.6 Å². The SMILES string of the molecule is Fc1ccc(F)c(CC2(CBr)CCCCC2)c1. The summed E-state index contributed by atoms with van der Waals surface area (Å²) in [4.78, 5) is 0. The Bertz CT molecular complexity index is 384. The minimum atomic E-state index is -0.345. The summed E-state index contributed by atoms with van der Waals surface area (Å²) in [6.45, 7) is 0. The van der Waals surface area contributed by atoms with Crippen LogP contribution in [0.3, 0.4) is 0 Å². The van der Waals surface area contributed by atoms with Crippen LogP contribution in [0.1, 0.15) is 37.7 Å². The quantitative estimate of drug-likeness (QED) is 0.700. The van der Waals surface area contributed by atoms with Crippen LogP contribution in [0.15, 0.2) is 18.2 Å². The first-order chi connectivity index (χ1) is 8.15. The van der Waals surface area contributed by atoms with Crippen LogP contribution in [0.4, 0.5) is 8.78 Å².